The minimum atomic E-state index is 0.226. The summed E-state index contributed by atoms with van der Waals surface area (Å²) in [7, 11) is 0. The maximum atomic E-state index is 11.1. The average molecular weight is 198 g/mol. The van der Waals surface area contributed by atoms with Gasteiger partial charge in [0.15, 0.2) is 0 Å². The van der Waals surface area contributed by atoms with Gasteiger partial charge in [0.2, 0.25) is 0 Å². The van der Waals surface area contributed by atoms with Crippen LogP contribution < -0.4 is 0 Å². The first kappa shape index (κ1) is 9.57. The van der Waals surface area contributed by atoms with E-state index in [-0.39, 0.29) is 5.25 Å². The summed E-state index contributed by atoms with van der Waals surface area (Å²) in [5.41, 5.74) is 0. The van der Waals surface area contributed by atoms with Crippen molar-refractivity contribution in [1.29, 1.82) is 0 Å². The fourth-order valence-corrected chi connectivity index (χ4v) is 4.28. The van der Waals surface area contributed by atoms with Crippen molar-refractivity contribution in [1.82, 2.24) is 0 Å². The summed E-state index contributed by atoms with van der Waals surface area (Å²) in [5.74, 6) is 2.28. The van der Waals surface area contributed by atoms with E-state index >= 15 is 0 Å². The smallest absolute Gasteiger partial charge is 0.142 e. The number of rotatable bonds is 3. The zero-order valence-electron chi connectivity index (χ0n) is 8.45. The maximum absolute atomic E-state index is 11.1. The fraction of sp³-hybridized carbons (Fsp3) is 0.909. The molecule has 13 heavy (non-hydrogen) atoms. The molecular formula is C11H18OS. The second kappa shape index (κ2) is 3.64. The Bertz CT molecular complexity index is 214. The van der Waals surface area contributed by atoms with Crippen LogP contribution in [-0.2, 0) is 4.79 Å². The van der Waals surface area contributed by atoms with Crippen LogP contribution >= 0.6 is 11.8 Å². The normalized spacial score (nSPS) is 39.4. The van der Waals surface area contributed by atoms with E-state index < -0.39 is 0 Å². The first-order valence-corrected chi connectivity index (χ1v) is 6.27. The number of fused-ring (bicyclic) bond motifs is 2. The highest BCUT2D eigenvalue weighted by molar-refractivity contribution is 8.01. The largest absolute Gasteiger partial charge is 0.299 e. The molecule has 0 spiro atoms. The van der Waals surface area contributed by atoms with Gasteiger partial charge < -0.3 is 0 Å². The molecule has 0 aromatic rings. The average Bonchev–Trinajstić information content (AvgIpc) is 2.64. The van der Waals surface area contributed by atoms with Gasteiger partial charge >= 0.3 is 0 Å². The van der Waals surface area contributed by atoms with E-state index in [9.17, 15) is 4.79 Å². The molecule has 2 aliphatic carbocycles. The lowest BCUT2D eigenvalue weighted by atomic mass is 10.0. The topological polar surface area (TPSA) is 17.1 Å². The second-order valence-electron chi connectivity index (χ2n) is 4.60. The molecule has 0 aromatic carbocycles. The molecule has 2 bridgehead atoms. The number of hydrogen-bond acceptors (Lipinski definition) is 2. The summed E-state index contributed by atoms with van der Waals surface area (Å²) in [5, 5.41) is 1.03. The van der Waals surface area contributed by atoms with Crippen LogP contribution in [0.5, 0.6) is 0 Å². The summed E-state index contributed by atoms with van der Waals surface area (Å²) in [6, 6.07) is 0. The minimum absolute atomic E-state index is 0.226. The molecule has 0 amide bonds. The van der Waals surface area contributed by atoms with Gasteiger partial charge in [0, 0.05) is 5.25 Å². The Labute approximate surface area is 84.7 Å². The van der Waals surface area contributed by atoms with Gasteiger partial charge in [-0.15, -0.1) is 11.8 Å². The SMILES string of the molecule is CC(=O)C(C)SC1CC2CCC1C2. The molecule has 4 unspecified atom stereocenters. The van der Waals surface area contributed by atoms with Gasteiger partial charge in [-0.3, -0.25) is 4.79 Å². The Hall–Kier alpha value is 0.0200. The molecular weight excluding hydrogens is 180 g/mol. The summed E-state index contributed by atoms with van der Waals surface area (Å²) < 4.78 is 0. The third-order valence-electron chi connectivity index (χ3n) is 3.62. The van der Waals surface area contributed by atoms with E-state index in [0.29, 0.717) is 5.78 Å². The van der Waals surface area contributed by atoms with Gasteiger partial charge in [0.1, 0.15) is 5.78 Å². The Morgan fingerprint density at radius 3 is 2.62 bits per heavy atom. The third-order valence-corrected chi connectivity index (χ3v) is 5.29. The number of thioether (sulfide) groups is 1. The van der Waals surface area contributed by atoms with Crippen molar-refractivity contribution in [2.24, 2.45) is 11.8 Å². The first-order valence-electron chi connectivity index (χ1n) is 5.32. The van der Waals surface area contributed by atoms with Crippen LogP contribution in [0.25, 0.3) is 0 Å². The highest BCUT2D eigenvalue weighted by Gasteiger charge is 2.40. The number of carbonyl (C=O) groups is 1. The van der Waals surface area contributed by atoms with Gasteiger partial charge in [-0.2, -0.15) is 0 Å². The van der Waals surface area contributed by atoms with Crippen molar-refractivity contribution in [3.05, 3.63) is 0 Å². The Morgan fingerprint density at radius 2 is 2.15 bits per heavy atom. The van der Waals surface area contributed by atoms with Crippen LogP contribution in [0, 0.1) is 11.8 Å². The highest BCUT2D eigenvalue weighted by atomic mass is 32.2. The lowest BCUT2D eigenvalue weighted by molar-refractivity contribution is -0.116. The van der Waals surface area contributed by atoms with Crippen LogP contribution in [0.2, 0.25) is 0 Å². The van der Waals surface area contributed by atoms with E-state index in [0.717, 1.165) is 17.1 Å². The highest BCUT2D eigenvalue weighted by Crippen LogP contribution is 2.50. The van der Waals surface area contributed by atoms with Gasteiger partial charge in [-0.25, -0.2) is 0 Å². The zero-order chi connectivity index (χ0) is 9.42. The summed E-state index contributed by atoms with van der Waals surface area (Å²) in [4.78, 5) is 11.1. The third kappa shape index (κ3) is 1.93. The maximum Gasteiger partial charge on any atom is 0.142 e. The molecule has 0 aromatic heterocycles. The molecule has 2 rings (SSSR count). The molecule has 2 aliphatic rings. The van der Waals surface area contributed by atoms with Crippen molar-refractivity contribution in [2.75, 3.05) is 0 Å². The molecule has 2 fully saturated rings. The second-order valence-corrected chi connectivity index (χ2v) is 6.19. The van der Waals surface area contributed by atoms with E-state index in [1.54, 1.807) is 6.92 Å². The van der Waals surface area contributed by atoms with E-state index in [1.165, 1.54) is 25.7 Å². The first-order chi connectivity index (χ1) is 6.16. The number of carbonyl (C=O) groups excluding carboxylic acids is 1. The molecule has 0 radical (unpaired) electrons. The van der Waals surface area contributed by atoms with Crippen molar-refractivity contribution in [3.63, 3.8) is 0 Å². The monoisotopic (exact) mass is 198 g/mol. The van der Waals surface area contributed by atoms with Gasteiger partial charge in [-0.05, 0) is 44.9 Å². The molecule has 2 saturated carbocycles. The standard InChI is InChI=1S/C11H18OS/c1-7(12)8(2)13-11-6-9-3-4-10(11)5-9/h8-11H,3-6H2,1-2H3. The van der Waals surface area contributed by atoms with Crippen LogP contribution in [-0.4, -0.2) is 16.3 Å². The predicted octanol–water partition coefficient (Wildman–Crippen LogP) is 2.89. The van der Waals surface area contributed by atoms with E-state index in [2.05, 4.69) is 6.92 Å². The molecule has 1 nitrogen and oxygen atoms in total. The summed E-state index contributed by atoms with van der Waals surface area (Å²) in [6.45, 7) is 3.77. The molecule has 0 aliphatic heterocycles. The quantitative estimate of drug-likeness (QED) is 0.693. The van der Waals surface area contributed by atoms with Gasteiger partial charge in [0.05, 0.1) is 5.25 Å². The molecule has 0 N–H and O–H groups in total. The molecule has 4 atom stereocenters. The van der Waals surface area contributed by atoms with E-state index in [4.69, 9.17) is 0 Å². The van der Waals surface area contributed by atoms with Gasteiger partial charge in [-0.1, -0.05) is 6.42 Å². The van der Waals surface area contributed by atoms with Gasteiger partial charge in [0.25, 0.3) is 0 Å². The number of ketones is 1. The van der Waals surface area contributed by atoms with E-state index in [1.807, 2.05) is 11.8 Å². The molecule has 2 heteroatoms. The van der Waals surface area contributed by atoms with Crippen LogP contribution in [0.3, 0.4) is 0 Å². The zero-order valence-corrected chi connectivity index (χ0v) is 9.27. The Morgan fingerprint density at radius 1 is 1.38 bits per heavy atom. The lowest BCUT2D eigenvalue weighted by Crippen LogP contribution is -2.19. The van der Waals surface area contributed by atoms with Crippen molar-refractivity contribution < 1.29 is 4.79 Å². The molecule has 74 valence electrons. The van der Waals surface area contributed by atoms with Crippen molar-refractivity contribution in [3.8, 4) is 0 Å². The van der Waals surface area contributed by atoms with Crippen LogP contribution in [0.4, 0.5) is 0 Å². The van der Waals surface area contributed by atoms with Crippen LogP contribution in [0.1, 0.15) is 39.5 Å². The lowest BCUT2D eigenvalue weighted by Gasteiger charge is -2.23. The predicted molar refractivity (Wildman–Crippen MR) is 57.0 cm³/mol. The number of Topliss-reactive ketones (excluding diaryl/α,β-unsaturated/α-hetero) is 1. The summed E-state index contributed by atoms with van der Waals surface area (Å²) >= 11 is 1.93. The Balaban J connectivity index is 1.86. The Kier molecular flexibility index (Phi) is 2.68. The number of hydrogen-bond donors (Lipinski definition) is 0. The summed E-state index contributed by atoms with van der Waals surface area (Å²) in [6.07, 6.45) is 5.71. The minimum Gasteiger partial charge on any atom is -0.299 e. The molecule has 0 heterocycles. The van der Waals surface area contributed by atoms with Crippen molar-refractivity contribution >= 4 is 17.5 Å². The fourth-order valence-electron chi connectivity index (χ4n) is 2.71. The van der Waals surface area contributed by atoms with Crippen LogP contribution in [0.15, 0.2) is 0 Å². The molecule has 0 saturated heterocycles. The van der Waals surface area contributed by atoms with Crippen molar-refractivity contribution in [2.45, 2.75) is 50.0 Å².